The minimum absolute atomic E-state index is 0.216. The van der Waals surface area contributed by atoms with E-state index in [-0.39, 0.29) is 11.0 Å². The van der Waals surface area contributed by atoms with Crippen molar-refractivity contribution in [2.45, 2.75) is 16.0 Å². The number of alkyl halides is 3. The predicted octanol–water partition coefficient (Wildman–Crippen LogP) is 6.04. The molecule has 3 aromatic rings. The van der Waals surface area contributed by atoms with Crippen molar-refractivity contribution in [3.8, 4) is 0 Å². The van der Waals surface area contributed by atoms with Gasteiger partial charge in [0.05, 0.1) is 16.1 Å². The Morgan fingerprint density at radius 3 is 2.36 bits per heavy atom. The molecule has 0 aliphatic carbocycles. The van der Waals surface area contributed by atoms with Crippen molar-refractivity contribution in [2.24, 2.45) is 0 Å². The van der Waals surface area contributed by atoms with Crippen LogP contribution in [0.2, 0.25) is 10.0 Å². The first-order valence-electron chi connectivity index (χ1n) is 6.03. The van der Waals surface area contributed by atoms with E-state index in [0.29, 0.717) is 14.9 Å². The lowest BCUT2D eigenvalue weighted by atomic mass is 10.3. The summed E-state index contributed by atoms with van der Waals surface area (Å²) in [7, 11) is 0. The van der Waals surface area contributed by atoms with Gasteiger partial charge in [-0.1, -0.05) is 35.0 Å². The van der Waals surface area contributed by atoms with Crippen molar-refractivity contribution >= 4 is 46.0 Å². The molecule has 0 unspecified atom stereocenters. The molecule has 0 aliphatic rings. The molecular weight excluding hydrogens is 356 g/mol. The third-order valence-electron chi connectivity index (χ3n) is 2.85. The average molecular weight is 363 g/mol. The predicted molar refractivity (Wildman–Crippen MR) is 81.7 cm³/mol. The second-order valence-electron chi connectivity index (χ2n) is 4.44. The first kappa shape index (κ1) is 15.5. The summed E-state index contributed by atoms with van der Waals surface area (Å²) < 4.78 is 38.0. The topological polar surface area (TPSA) is 28.7 Å². The number of H-pyrrole nitrogens is 1. The van der Waals surface area contributed by atoms with Crippen LogP contribution in [0.4, 0.5) is 13.2 Å². The van der Waals surface area contributed by atoms with Crippen molar-refractivity contribution in [1.82, 2.24) is 9.97 Å². The number of imidazole rings is 1. The van der Waals surface area contributed by atoms with Crippen LogP contribution in [-0.4, -0.2) is 9.97 Å². The Hall–Kier alpha value is -1.37. The molecule has 3 rings (SSSR count). The van der Waals surface area contributed by atoms with Crippen molar-refractivity contribution in [1.29, 1.82) is 0 Å². The Bertz CT molecular complexity index is 828. The summed E-state index contributed by atoms with van der Waals surface area (Å²) in [6, 6.07) is 10.0. The van der Waals surface area contributed by atoms with Crippen molar-refractivity contribution in [3.63, 3.8) is 0 Å². The van der Waals surface area contributed by atoms with E-state index in [9.17, 15) is 13.2 Å². The number of halogens is 5. The molecule has 0 atom stereocenters. The van der Waals surface area contributed by atoms with Gasteiger partial charge in [0.2, 0.25) is 5.82 Å². The van der Waals surface area contributed by atoms with Gasteiger partial charge in [-0.3, -0.25) is 0 Å². The minimum atomic E-state index is -4.52. The second kappa shape index (κ2) is 5.68. The van der Waals surface area contributed by atoms with Crippen LogP contribution in [0.15, 0.2) is 46.2 Å². The number of hydrogen-bond donors (Lipinski definition) is 1. The molecule has 0 amide bonds. The van der Waals surface area contributed by atoms with Crippen LogP contribution in [0.25, 0.3) is 11.0 Å². The maximum absolute atomic E-state index is 12.7. The highest BCUT2D eigenvalue weighted by molar-refractivity contribution is 7.99. The Balaban J connectivity index is 1.99. The molecule has 2 nitrogen and oxygen atoms in total. The fourth-order valence-corrected chi connectivity index (χ4v) is 3.11. The summed E-state index contributed by atoms with van der Waals surface area (Å²) in [6.07, 6.45) is -4.52. The van der Waals surface area contributed by atoms with Crippen LogP contribution in [-0.2, 0) is 6.18 Å². The van der Waals surface area contributed by atoms with Gasteiger partial charge in [0.25, 0.3) is 0 Å². The fourth-order valence-electron chi connectivity index (χ4n) is 1.85. The molecule has 1 heterocycles. The van der Waals surface area contributed by atoms with E-state index in [4.69, 9.17) is 23.2 Å². The maximum atomic E-state index is 12.7. The van der Waals surface area contributed by atoms with Gasteiger partial charge in [0, 0.05) is 14.8 Å². The summed E-state index contributed by atoms with van der Waals surface area (Å²) >= 11 is 13.3. The third-order valence-corrected chi connectivity index (χ3v) is 4.59. The van der Waals surface area contributed by atoms with Crippen LogP contribution in [0.1, 0.15) is 5.82 Å². The summed E-state index contributed by atoms with van der Waals surface area (Å²) in [5.41, 5.74) is 0.464. The van der Waals surface area contributed by atoms with E-state index in [0.717, 1.165) is 4.90 Å². The van der Waals surface area contributed by atoms with E-state index in [1.54, 1.807) is 24.3 Å². The Labute approximate surface area is 137 Å². The lowest BCUT2D eigenvalue weighted by Gasteiger charge is -2.04. The molecule has 0 saturated heterocycles. The number of nitrogens with one attached hydrogen (secondary N) is 1. The van der Waals surface area contributed by atoms with Gasteiger partial charge >= 0.3 is 6.18 Å². The first-order valence-corrected chi connectivity index (χ1v) is 7.60. The normalized spacial score (nSPS) is 12.0. The van der Waals surface area contributed by atoms with E-state index >= 15 is 0 Å². The molecule has 0 aliphatic heterocycles. The van der Waals surface area contributed by atoms with Gasteiger partial charge in [-0.05, 0) is 36.4 Å². The quantitative estimate of drug-likeness (QED) is 0.601. The molecule has 2 aromatic carbocycles. The fraction of sp³-hybridized carbons (Fsp3) is 0.0714. The molecule has 0 spiro atoms. The zero-order valence-corrected chi connectivity index (χ0v) is 13.0. The minimum Gasteiger partial charge on any atom is -0.334 e. The number of hydrogen-bond acceptors (Lipinski definition) is 2. The van der Waals surface area contributed by atoms with Gasteiger partial charge < -0.3 is 4.98 Å². The van der Waals surface area contributed by atoms with Crippen LogP contribution >= 0.6 is 35.0 Å². The standard InChI is InChI=1S/C14H7Cl2F3N2S/c15-7-1-3-8(4-2-7)22-12-6-11-10(5-9(12)16)20-13(21-11)14(17,18)19/h1-6H,(H,20,21). The van der Waals surface area contributed by atoms with E-state index < -0.39 is 12.0 Å². The van der Waals surface area contributed by atoms with Crippen LogP contribution < -0.4 is 0 Å². The molecule has 8 heteroatoms. The van der Waals surface area contributed by atoms with Gasteiger partial charge in [0.1, 0.15) is 0 Å². The third kappa shape index (κ3) is 3.19. The number of fused-ring (bicyclic) bond motifs is 1. The lowest BCUT2D eigenvalue weighted by molar-refractivity contribution is -0.144. The zero-order valence-electron chi connectivity index (χ0n) is 10.7. The smallest absolute Gasteiger partial charge is 0.334 e. The van der Waals surface area contributed by atoms with Crippen molar-refractivity contribution in [2.75, 3.05) is 0 Å². The highest BCUT2D eigenvalue weighted by Gasteiger charge is 2.34. The van der Waals surface area contributed by atoms with E-state index in [1.165, 1.54) is 23.9 Å². The second-order valence-corrected chi connectivity index (χ2v) is 6.40. The number of rotatable bonds is 2. The monoisotopic (exact) mass is 362 g/mol. The van der Waals surface area contributed by atoms with E-state index in [2.05, 4.69) is 9.97 Å². The number of benzene rings is 2. The van der Waals surface area contributed by atoms with Crippen LogP contribution in [0.5, 0.6) is 0 Å². The molecule has 0 saturated carbocycles. The molecule has 1 N–H and O–H groups in total. The van der Waals surface area contributed by atoms with Gasteiger partial charge in [-0.15, -0.1) is 0 Å². The van der Waals surface area contributed by atoms with Gasteiger partial charge in [-0.25, -0.2) is 4.98 Å². The number of aromatic amines is 1. The molecule has 114 valence electrons. The summed E-state index contributed by atoms with van der Waals surface area (Å²) in [6.45, 7) is 0. The Kier molecular flexibility index (Phi) is 4.01. The SMILES string of the molecule is FC(F)(F)c1nc2cc(Sc3ccc(Cl)cc3)c(Cl)cc2[nH]1. The average Bonchev–Trinajstić information content (AvgIpc) is 2.84. The molecule has 0 bridgehead atoms. The maximum Gasteiger partial charge on any atom is 0.449 e. The number of nitrogens with zero attached hydrogens (tertiary/aromatic N) is 1. The molecule has 1 aromatic heterocycles. The van der Waals surface area contributed by atoms with E-state index in [1.807, 2.05) is 0 Å². The Morgan fingerprint density at radius 1 is 1.05 bits per heavy atom. The summed E-state index contributed by atoms with van der Waals surface area (Å²) in [5, 5.41) is 0.956. The molecule has 0 radical (unpaired) electrons. The molecular formula is C14H7Cl2F3N2S. The summed E-state index contributed by atoms with van der Waals surface area (Å²) in [4.78, 5) is 7.29. The lowest BCUT2D eigenvalue weighted by Crippen LogP contribution is -2.06. The Morgan fingerprint density at radius 2 is 1.73 bits per heavy atom. The highest BCUT2D eigenvalue weighted by Crippen LogP contribution is 2.37. The summed E-state index contributed by atoms with van der Waals surface area (Å²) in [5.74, 6) is -1.03. The first-order chi connectivity index (χ1) is 10.3. The van der Waals surface area contributed by atoms with Crippen molar-refractivity contribution in [3.05, 3.63) is 52.3 Å². The molecule has 22 heavy (non-hydrogen) atoms. The zero-order chi connectivity index (χ0) is 15.9. The molecule has 0 fully saturated rings. The highest BCUT2D eigenvalue weighted by atomic mass is 35.5. The van der Waals surface area contributed by atoms with Gasteiger partial charge in [0.15, 0.2) is 0 Å². The van der Waals surface area contributed by atoms with Crippen molar-refractivity contribution < 1.29 is 13.2 Å². The van der Waals surface area contributed by atoms with Gasteiger partial charge in [-0.2, -0.15) is 13.2 Å². The van der Waals surface area contributed by atoms with Crippen LogP contribution in [0, 0.1) is 0 Å². The van der Waals surface area contributed by atoms with Crippen LogP contribution in [0.3, 0.4) is 0 Å². The number of aromatic nitrogens is 2. The largest absolute Gasteiger partial charge is 0.449 e.